The van der Waals surface area contributed by atoms with E-state index < -0.39 is 6.10 Å². The molecule has 1 fully saturated rings. The van der Waals surface area contributed by atoms with Gasteiger partial charge in [0.25, 0.3) is 0 Å². The first-order valence-corrected chi connectivity index (χ1v) is 14.2. The normalized spacial score (nSPS) is 16.6. The van der Waals surface area contributed by atoms with Crippen molar-refractivity contribution in [3.8, 4) is 11.5 Å². The largest absolute Gasteiger partial charge is 0.497 e. The summed E-state index contributed by atoms with van der Waals surface area (Å²) in [7, 11) is 3.33. The molecule has 200 valence electrons. The van der Waals surface area contributed by atoms with Crippen LogP contribution in [0.25, 0.3) is 10.9 Å². The van der Waals surface area contributed by atoms with Crippen molar-refractivity contribution < 1.29 is 19.7 Å². The maximum atomic E-state index is 11.2. The minimum atomic E-state index is -0.737. The highest BCUT2D eigenvalue weighted by Gasteiger charge is 2.34. The molecule has 0 bridgehead atoms. The second-order valence-electron chi connectivity index (χ2n) is 9.81. The van der Waals surface area contributed by atoms with E-state index in [1.165, 1.54) is 4.90 Å². The van der Waals surface area contributed by atoms with Gasteiger partial charge >= 0.3 is 0 Å². The van der Waals surface area contributed by atoms with Crippen LogP contribution in [0.4, 0.5) is 0 Å². The monoisotopic (exact) mass is 544 g/mol. The molecule has 1 aromatic heterocycles. The Balaban J connectivity index is 1.29. The molecule has 1 saturated heterocycles. The number of rotatable bonds is 12. The number of ether oxygens (including phenoxy) is 2. The summed E-state index contributed by atoms with van der Waals surface area (Å²) in [6.07, 6.45) is 5.09. The van der Waals surface area contributed by atoms with E-state index in [1.807, 2.05) is 48.2 Å². The number of likely N-dealkylation sites (tertiary alicyclic amines) is 1. The molecule has 0 amide bonds. The molecule has 2 N–H and O–H groups in total. The zero-order chi connectivity index (χ0) is 26.3. The van der Waals surface area contributed by atoms with Crippen molar-refractivity contribution in [2.75, 3.05) is 46.2 Å². The van der Waals surface area contributed by atoms with Crippen molar-refractivity contribution in [1.82, 2.24) is 9.88 Å². The smallest absolute Gasteiger partial charge is 0.132 e. The van der Waals surface area contributed by atoms with Gasteiger partial charge in [0, 0.05) is 28.6 Å². The van der Waals surface area contributed by atoms with E-state index in [-0.39, 0.29) is 12.0 Å². The van der Waals surface area contributed by atoms with E-state index >= 15 is 0 Å². The lowest BCUT2D eigenvalue weighted by atomic mass is 9.74. The third-order valence-electron chi connectivity index (χ3n) is 7.55. The van der Waals surface area contributed by atoms with Crippen LogP contribution in [0.5, 0.6) is 11.5 Å². The Hall–Kier alpha value is -2.03. The average Bonchev–Trinajstić information content (AvgIpc) is 2.94. The van der Waals surface area contributed by atoms with E-state index in [2.05, 4.69) is 16.0 Å². The molecule has 6 nitrogen and oxygen atoms in total. The summed E-state index contributed by atoms with van der Waals surface area (Å²) in [6, 6.07) is 13.7. The van der Waals surface area contributed by atoms with Gasteiger partial charge in [-0.05, 0) is 93.2 Å². The molecule has 3 aromatic rings. The van der Waals surface area contributed by atoms with Gasteiger partial charge in [-0.1, -0.05) is 23.7 Å². The van der Waals surface area contributed by atoms with Crippen molar-refractivity contribution in [3.05, 3.63) is 59.2 Å². The molecule has 4 rings (SSSR count). The van der Waals surface area contributed by atoms with Gasteiger partial charge in [0.1, 0.15) is 11.5 Å². The molecule has 0 radical (unpaired) electrons. The molecule has 2 aromatic carbocycles. The number of benzene rings is 2. The van der Waals surface area contributed by atoms with Gasteiger partial charge in [-0.25, -0.2) is 0 Å². The molecule has 2 heterocycles. The third kappa shape index (κ3) is 6.89. The summed E-state index contributed by atoms with van der Waals surface area (Å²) < 4.78 is 10.8. The number of aromatic nitrogens is 1. The van der Waals surface area contributed by atoms with Crippen molar-refractivity contribution in [2.45, 2.75) is 43.1 Å². The summed E-state index contributed by atoms with van der Waals surface area (Å²) >= 11 is 8.33. The number of pyridine rings is 1. The highest BCUT2D eigenvalue weighted by Crippen LogP contribution is 2.40. The SMILES string of the molecule is COc1ccc2ncc(Cl)c([C@H](O)CCC3(CO)CCN(CCCSc4ccccc4OC)CC3)c2c1. The van der Waals surface area contributed by atoms with E-state index in [0.717, 1.165) is 67.7 Å². The van der Waals surface area contributed by atoms with Crippen molar-refractivity contribution in [1.29, 1.82) is 0 Å². The summed E-state index contributed by atoms with van der Waals surface area (Å²) in [5.74, 6) is 2.67. The van der Waals surface area contributed by atoms with Crippen LogP contribution in [0, 0.1) is 5.41 Å². The summed E-state index contributed by atoms with van der Waals surface area (Å²) in [4.78, 5) is 8.07. The van der Waals surface area contributed by atoms with Crippen LogP contribution < -0.4 is 9.47 Å². The number of methoxy groups -OCH3 is 2. The highest BCUT2D eigenvalue weighted by atomic mass is 35.5. The molecule has 0 spiro atoms. The van der Waals surface area contributed by atoms with Crippen LogP contribution in [0.2, 0.25) is 5.02 Å². The van der Waals surface area contributed by atoms with Crippen LogP contribution in [-0.2, 0) is 0 Å². The zero-order valence-corrected chi connectivity index (χ0v) is 23.2. The predicted molar refractivity (Wildman–Crippen MR) is 151 cm³/mol. The maximum Gasteiger partial charge on any atom is 0.132 e. The number of piperidine rings is 1. The van der Waals surface area contributed by atoms with Crippen LogP contribution in [0.1, 0.15) is 43.8 Å². The Kier molecular flexibility index (Phi) is 9.96. The molecular weight excluding hydrogens is 508 g/mol. The minimum Gasteiger partial charge on any atom is -0.497 e. The van der Waals surface area contributed by atoms with Gasteiger partial charge in [0.15, 0.2) is 0 Å². The molecule has 37 heavy (non-hydrogen) atoms. The topological polar surface area (TPSA) is 75.0 Å². The van der Waals surface area contributed by atoms with Gasteiger partial charge in [0.05, 0.1) is 30.9 Å². The van der Waals surface area contributed by atoms with Gasteiger partial charge in [0.2, 0.25) is 0 Å². The van der Waals surface area contributed by atoms with E-state index in [0.29, 0.717) is 22.8 Å². The van der Waals surface area contributed by atoms with Crippen LogP contribution >= 0.6 is 23.4 Å². The van der Waals surface area contributed by atoms with Crippen molar-refractivity contribution in [3.63, 3.8) is 0 Å². The number of para-hydroxylation sites is 1. The maximum absolute atomic E-state index is 11.2. The number of nitrogens with zero attached hydrogens (tertiary/aromatic N) is 2. The Labute approximate surface area is 228 Å². The van der Waals surface area contributed by atoms with E-state index in [4.69, 9.17) is 21.1 Å². The fraction of sp³-hybridized carbons (Fsp3) is 0.483. The summed E-state index contributed by atoms with van der Waals surface area (Å²) in [6.45, 7) is 3.11. The number of halogens is 1. The van der Waals surface area contributed by atoms with Gasteiger partial charge in [-0.2, -0.15) is 0 Å². The molecule has 0 saturated carbocycles. The molecule has 1 aliphatic rings. The second-order valence-corrected chi connectivity index (χ2v) is 11.4. The number of fused-ring (bicyclic) bond motifs is 1. The summed E-state index contributed by atoms with van der Waals surface area (Å²) in [5.41, 5.74) is 1.29. The van der Waals surface area contributed by atoms with Gasteiger partial charge < -0.3 is 24.6 Å². The standard InChI is InChI=1S/C29H37ClN2O4S/c1-35-21-8-9-24-22(18-21)28(23(30)19-31-24)25(34)10-11-29(20-33)12-15-32(16-13-29)14-5-17-37-27-7-4-3-6-26(27)36-2/h3-4,6-9,18-19,25,33-34H,5,10-17,20H2,1-2H3/t25-/m1/s1. The first-order chi connectivity index (χ1) is 18.0. The molecule has 8 heteroatoms. The quantitative estimate of drug-likeness (QED) is 0.215. The zero-order valence-electron chi connectivity index (χ0n) is 21.7. The first-order valence-electron chi connectivity index (χ1n) is 12.9. The number of aliphatic hydroxyl groups is 2. The first kappa shape index (κ1) is 28.0. The molecule has 0 unspecified atom stereocenters. The average molecular weight is 545 g/mol. The van der Waals surface area contributed by atoms with Crippen LogP contribution in [-0.4, -0.2) is 66.3 Å². The molecule has 0 aliphatic carbocycles. The summed E-state index contributed by atoms with van der Waals surface area (Å²) in [5, 5.41) is 22.8. The molecule has 1 atom stereocenters. The number of hydrogen-bond acceptors (Lipinski definition) is 7. The predicted octanol–water partition coefficient (Wildman–Crippen LogP) is 5.98. The number of aliphatic hydroxyl groups excluding tert-OH is 2. The minimum absolute atomic E-state index is 0.135. The van der Waals surface area contributed by atoms with Crippen LogP contribution in [0.3, 0.4) is 0 Å². The molecular formula is C29H37ClN2O4S. The lowest BCUT2D eigenvalue weighted by Gasteiger charge is -2.41. The number of hydrogen-bond donors (Lipinski definition) is 2. The fourth-order valence-corrected chi connectivity index (χ4v) is 6.41. The Bertz CT molecular complexity index is 1170. The molecule has 1 aliphatic heterocycles. The van der Waals surface area contributed by atoms with E-state index in [9.17, 15) is 10.2 Å². The lowest BCUT2D eigenvalue weighted by Crippen LogP contribution is -2.42. The van der Waals surface area contributed by atoms with Crippen molar-refractivity contribution in [2.24, 2.45) is 5.41 Å². The second kappa shape index (κ2) is 13.2. The Morgan fingerprint density at radius 2 is 1.92 bits per heavy atom. The van der Waals surface area contributed by atoms with Crippen LogP contribution in [0.15, 0.2) is 53.6 Å². The third-order valence-corrected chi connectivity index (χ3v) is 8.99. The Morgan fingerprint density at radius 3 is 2.65 bits per heavy atom. The number of thioether (sulfide) groups is 1. The fourth-order valence-electron chi connectivity index (χ4n) is 5.17. The highest BCUT2D eigenvalue weighted by molar-refractivity contribution is 7.99. The van der Waals surface area contributed by atoms with E-state index in [1.54, 1.807) is 20.4 Å². The van der Waals surface area contributed by atoms with Gasteiger partial charge in [-0.3, -0.25) is 4.98 Å². The van der Waals surface area contributed by atoms with Gasteiger partial charge in [-0.15, -0.1) is 11.8 Å². The lowest BCUT2D eigenvalue weighted by molar-refractivity contribution is 0.0238. The van der Waals surface area contributed by atoms with Crippen molar-refractivity contribution >= 4 is 34.3 Å². The Morgan fingerprint density at radius 1 is 1.14 bits per heavy atom.